The number of benzene rings is 2. The zero-order chi connectivity index (χ0) is 19.8. The standard InChI is InChI=1S/C23H24ClN3O/c1-15-7-8-16-12-18(22(26(2)3)25-21(16)11-15)14-27(20-9-10-20)23(28)17-5-4-6-19(24)13-17/h4-8,11-13,20H,9-10,14H2,1-3H3. The van der Waals surface area contributed by atoms with E-state index in [1.807, 2.05) is 36.0 Å². The molecule has 0 aliphatic heterocycles. The van der Waals surface area contributed by atoms with E-state index in [1.54, 1.807) is 12.1 Å². The van der Waals surface area contributed by atoms with Gasteiger partial charge in [0.25, 0.3) is 5.91 Å². The highest BCUT2D eigenvalue weighted by Crippen LogP contribution is 2.32. The van der Waals surface area contributed by atoms with Crippen molar-refractivity contribution in [3.8, 4) is 0 Å². The molecule has 0 N–H and O–H groups in total. The second kappa shape index (κ2) is 7.44. The number of carbonyl (C=O) groups excluding carboxylic acids is 1. The van der Waals surface area contributed by atoms with Gasteiger partial charge < -0.3 is 9.80 Å². The minimum Gasteiger partial charge on any atom is -0.362 e. The lowest BCUT2D eigenvalue weighted by Gasteiger charge is -2.26. The van der Waals surface area contributed by atoms with E-state index >= 15 is 0 Å². The van der Waals surface area contributed by atoms with Gasteiger partial charge in [-0.3, -0.25) is 4.79 Å². The SMILES string of the molecule is Cc1ccc2cc(CN(C(=O)c3cccc(Cl)c3)C3CC3)c(N(C)C)nc2c1. The average molecular weight is 394 g/mol. The van der Waals surface area contributed by atoms with Gasteiger partial charge in [0.1, 0.15) is 5.82 Å². The number of aryl methyl sites for hydroxylation is 1. The van der Waals surface area contributed by atoms with Crippen LogP contribution in [0.4, 0.5) is 5.82 Å². The van der Waals surface area contributed by atoms with Crippen LogP contribution < -0.4 is 4.90 Å². The number of anilines is 1. The molecule has 1 saturated carbocycles. The Morgan fingerprint density at radius 3 is 2.61 bits per heavy atom. The van der Waals surface area contributed by atoms with Crippen LogP contribution in [0.15, 0.2) is 48.5 Å². The van der Waals surface area contributed by atoms with Crippen LogP contribution in [0.5, 0.6) is 0 Å². The van der Waals surface area contributed by atoms with Crippen LogP contribution in [0.1, 0.15) is 34.3 Å². The van der Waals surface area contributed by atoms with Crippen LogP contribution in [-0.4, -0.2) is 35.9 Å². The Kier molecular flexibility index (Phi) is 4.98. The number of pyridine rings is 1. The normalized spacial score (nSPS) is 13.6. The molecular weight excluding hydrogens is 370 g/mol. The highest BCUT2D eigenvalue weighted by molar-refractivity contribution is 6.30. The van der Waals surface area contributed by atoms with Gasteiger partial charge in [0.05, 0.1) is 5.52 Å². The van der Waals surface area contributed by atoms with E-state index in [4.69, 9.17) is 16.6 Å². The number of aromatic nitrogens is 1. The first kappa shape index (κ1) is 18.8. The number of hydrogen-bond donors (Lipinski definition) is 0. The first-order valence-corrected chi connectivity index (χ1v) is 9.94. The molecule has 28 heavy (non-hydrogen) atoms. The predicted octanol–water partition coefficient (Wildman–Crippen LogP) is 5.07. The summed E-state index contributed by atoms with van der Waals surface area (Å²) in [5, 5.41) is 1.68. The van der Waals surface area contributed by atoms with Gasteiger partial charge in [0, 0.05) is 48.2 Å². The summed E-state index contributed by atoms with van der Waals surface area (Å²) in [6.07, 6.45) is 2.09. The van der Waals surface area contributed by atoms with E-state index in [0.29, 0.717) is 17.1 Å². The smallest absolute Gasteiger partial charge is 0.254 e. The predicted molar refractivity (Wildman–Crippen MR) is 115 cm³/mol. The number of rotatable bonds is 5. The molecule has 0 saturated heterocycles. The third-order valence-corrected chi connectivity index (χ3v) is 5.35. The molecule has 5 heteroatoms. The number of halogens is 1. The Bertz CT molecular complexity index is 1040. The maximum absolute atomic E-state index is 13.2. The first-order valence-electron chi connectivity index (χ1n) is 9.56. The fourth-order valence-electron chi connectivity index (χ4n) is 3.54. The monoisotopic (exact) mass is 393 g/mol. The second-order valence-electron chi connectivity index (χ2n) is 7.74. The lowest BCUT2D eigenvalue weighted by atomic mass is 10.1. The molecule has 1 amide bonds. The lowest BCUT2D eigenvalue weighted by molar-refractivity contribution is 0.0730. The van der Waals surface area contributed by atoms with Crippen LogP contribution in [0, 0.1) is 6.92 Å². The topological polar surface area (TPSA) is 36.4 Å². The summed E-state index contributed by atoms with van der Waals surface area (Å²) in [6, 6.07) is 15.9. The largest absolute Gasteiger partial charge is 0.362 e. The molecular formula is C23H24ClN3O. The second-order valence-corrected chi connectivity index (χ2v) is 8.17. The van der Waals surface area contributed by atoms with Crippen molar-refractivity contribution in [2.45, 2.75) is 32.4 Å². The number of nitrogens with zero attached hydrogens (tertiary/aromatic N) is 3. The summed E-state index contributed by atoms with van der Waals surface area (Å²) in [4.78, 5) is 22.1. The Morgan fingerprint density at radius 1 is 1.14 bits per heavy atom. The highest BCUT2D eigenvalue weighted by atomic mass is 35.5. The van der Waals surface area contributed by atoms with Crippen LogP contribution in [0.2, 0.25) is 5.02 Å². The van der Waals surface area contributed by atoms with Crippen molar-refractivity contribution in [3.63, 3.8) is 0 Å². The zero-order valence-electron chi connectivity index (χ0n) is 16.4. The molecule has 144 valence electrons. The summed E-state index contributed by atoms with van der Waals surface area (Å²) in [5.74, 6) is 0.932. The van der Waals surface area contributed by atoms with Gasteiger partial charge in [-0.1, -0.05) is 29.8 Å². The minimum atomic E-state index is 0.0266. The molecule has 2 aromatic carbocycles. The van der Waals surface area contributed by atoms with Gasteiger partial charge >= 0.3 is 0 Å². The van der Waals surface area contributed by atoms with Crippen LogP contribution >= 0.6 is 11.6 Å². The van der Waals surface area contributed by atoms with Crippen LogP contribution in [0.25, 0.3) is 10.9 Å². The average Bonchev–Trinajstić information content (AvgIpc) is 3.50. The van der Waals surface area contributed by atoms with Crippen molar-refractivity contribution >= 4 is 34.2 Å². The molecule has 1 fully saturated rings. The van der Waals surface area contributed by atoms with Gasteiger partial charge in [-0.05, 0) is 55.7 Å². The molecule has 1 aliphatic rings. The summed E-state index contributed by atoms with van der Waals surface area (Å²) in [7, 11) is 3.99. The summed E-state index contributed by atoms with van der Waals surface area (Å²) >= 11 is 6.11. The number of hydrogen-bond acceptors (Lipinski definition) is 3. The van der Waals surface area contributed by atoms with Crippen molar-refractivity contribution in [1.82, 2.24) is 9.88 Å². The third-order valence-electron chi connectivity index (χ3n) is 5.11. The van der Waals surface area contributed by atoms with Crippen molar-refractivity contribution < 1.29 is 4.79 Å². The first-order chi connectivity index (χ1) is 13.4. The molecule has 1 heterocycles. The molecule has 1 aromatic heterocycles. The van der Waals surface area contributed by atoms with Crippen molar-refractivity contribution in [2.24, 2.45) is 0 Å². The highest BCUT2D eigenvalue weighted by Gasteiger charge is 2.34. The maximum Gasteiger partial charge on any atom is 0.254 e. The van der Waals surface area contributed by atoms with Crippen molar-refractivity contribution in [3.05, 3.63) is 70.2 Å². The minimum absolute atomic E-state index is 0.0266. The molecule has 4 rings (SSSR count). The Balaban J connectivity index is 1.72. The molecule has 0 spiro atoms. The van der Waals surface area contributed by atoms with E-state index in [-0.39, 0.29) is 11.9 Å². The van der Waals surface area contributed by atoms with Gasteiger partial charge in [-0.2, -0.15) is 0 Å². The molecule has 1 aliphatic carbocycles. The molecule has 3 aromatic rings. The van der Waals surface area contributed by atoms with Crippen LogP contribution in [0.3, 0.4) is 0 Å². The molecule has 0 bridgehead atoms. The van der Waals surface area contributed by atoms with Gasteiger partial charge in [-0.15, -0.1) is 0 Å². The van der Waals surface area contributed by atoms with Gasteiger partial charge in [0.2, 0.25) is 0 Å². The zero-order valence-corrected chi connectivity index (χ0v) is 17.2. The number of amides is 1. The number of carbonyl (C=O) groups is 1. The Hall–Kier alpha value is -2.59. The fourth-order valence-corrected chi connectivity index (χ4v) is 3.73. The van der Waals surface area contributed by atoms with Crippen molar-refractivity contribution in [1.29, 1.82) is 0 Å². The van der Waals surface area contributed by atoms with Gasteiger partial charge in [0.15, 0.2) is 0 Å². The van der Waals surface area contributed by atoms with E-state index in [2.05, 4.69) is 31.2 Å². The summed E-state index contributed by atoms with van der Waals surface area (Å²) < 4.78 is 0. The quantitative estimate of drug-likeness (QED) is 0.607. The van der Waals surface area contributed by atoms with Crippen molar-refractivity contribution in [2.75, 3.05) is 19.0 Å². The lowest BCUT2D eigenvalue weighted by Crippen LogP contribution is -2.33. The third kappa shape index (κ3) is 3.83. The Labute approximate surface area is 170 Å². The fraction of sp³-hybridized carbons (Fsp3) is 0.304. The maximum atomic E-state index is 13.2. The molecule has 0 atom stereocenters. The number of fused-ring (bicyclic) bond motifs is 1. The van der Waals surface area contributed by atoms with E-state index in [0.717, 1.165) is 35.1 Å². The Morgan fingerprint density at radius 2 is 1.93 bits per heavy atom. The summed E-state index contributed by atoms with van der Waals surface area (Å²) in [6.45, 7) is 2.61. The molecule has 4 nitrogen and oxygen atoms in total. The molecule has 0 radical (unpaired) electrons. The summed E-state index contributed by atoms with van der Waals surface area (Å²) in [5.41, 5.74) is 3.86. The van der Waals surface area contributed by atoms with E-state index in [9.17, 15) is 4.79 Å². The van der Waals surface area contributed by atoms with E-state index in [1.165, 1.54) is 5.56 Å². The van der Waals surface area contributed by atoms with Gasteiger partial charge in [-0.25, -0.2) is 4.98 Å². The van der Waals surface area contributed by atoms with E-state index < -0.39 is 0 Å². The van der Waals surface area contributed by atoms with Crippen LogP contribution in [-0.2, 0) is 6.54 Å². The molecule has 0 unspecified atom stereocenters.